The number of benzene rings is 2. The van der Waals surface area contributed by atoms with Crippen LogP contribution >= 0.6 is 24.2 Å². The first-order valence-corrected chi connectivity index (χ1v) is 6.83. The van der Waals surface area contributed by atoms with Gasteiger partial charge in [-0.3, -0.25) is 4.79 Å². The molecule has 5 heteroatoms. The number of hydrogen-bond acceptors (Lipinski definition) is 2. The van der Waals surface area contributed by atoms with Crippen molar-refractivity contribution in [2.24, 2.45) is 0 Å². The van der Waals surface area contributed by atoms with Crippen LogP contribution in [0.3, 0.4) is 0 Å². The van der Waals surface area contributed by atoms with E-state index in [2.05, 4.69) is 22.9 Å². The third-order valence-corrected chi connectivity index (χ3v) is 3.58. The SMILES string of the molecule is O=C(Nc1ccccc1Cl)c1cc2ccc(S)cc2[nH]1. The Hall–Kier alpha value is -1.91. The Bertz CT molecular complexity index is 797. The molecule has 0 atom stereocenters. The van der Waals surface area contributed by atoms with Crippen molar-refractivity contribution in [2.45, 2.75) is 4.90 Å². The van der Waals surface area contributed by atoms with Crippen LogP contribution in [0.5, 0.6) is 0 Å². The largest absolute Gasteiger partial charge is 0.350 e. The second-order valence-corrected chi connectivity index (χ2v) is 5.31. The number of anilines is 1. The zero-order valence-electron chi connectivity index (χ0n) is 10.4. The van der Waals surface area contributed by atoms with Gasteiger partial charge in [0.05, 0.1) is 10.7 Å². The van der Waals surface area contributed by atoms with E-state index in [-0.39, 0.29) is 5.91 Å². The summed E-state index contributed by atoms with van der Waals surface area (Å²) in [4.78, 5) is 16.1. The van der Waals surface area contributed by atoms with Crippen molar-refractivity contribution in [1.82, 2.24) is 4.98 Å². The molecule has 0 radical (unpaired) electrons. The van der Waals surface area contributed by atoms with Gasteiger partial charge in [-0.25, -0.2) is 0 Å². The zero-order chi connectivity index (χ0) is 14.1. The van der Waals surface area contributed by atoms with E-state index < -0.39 is 0 Å². The number of carbonyl (C=O) groups excluding carboxylic acids is 1. The van der Waals surface area contributed by atoms with Crippen molar-refractivity contribution < 1.29 is 4.79 Å². The van der Waals surface area contributed by atoms with Crippen molar-refractivity contribution in [3.63, 3.8) is 0 Å². The molecule has 3 rings (SSSR count). The highest BCUT2D eigenvalue weighted by molar-refractivity contribution is 7.80. The zero-order valence-corrected chi connectivity index (χ0v) is 12.0. The van der Waals surface area contributed by atoms with E-state index in [4.69, 9.17) is 11.6 Å². The minimum absolute atomic E-state index is 0.227. The van der Waals surface area contributed by atoms with Crippen LogP contribution in [0.25, 0.3) is 10.9 Å². The maximum atomic E-state index is 12.2. The monoisotopic (exact) mass is 302 g/mol. The summed E-state index contributed by atoms with van der Waals surface area (Å²) < 4.78 is 0. The molecule has 2 aromatic carbocycles. The molecule has 2 N–H and O–H groups in total. The molecule has 0 fully saturated rings. The van der Waals surface area contributed by atoms with Crippen LogP contribution in [0, 0.1) is 0 Å². The number of amides is 1. The quantitative estimate of drug-likeness (QED) is 0.605. The molecule has 3 aromatic rings. The molecule has 1 aromatic heterocycles. The third-order valence-electron chi connectivity index (χ3n) is 2.97. The molecule has 3 nitrogen and oxygen atoms in total. The average molecular weight is 303 g/mol. The molecule has 0 unspecified atom stereocenters. The first-order valence-electron chi connectivity index (χ1n) is 6.01. The summed E-state index contributed by atoms with van der Waals surface area (Å²) in [5, 5.41) is 4.25. The number of hydrogen-bond donors (Lipinski definition) is 3. The van der Waals surface area contributed by atoms with Gasteiger partial charge in [-0.05, 0) is 30.3 Å². The minimum atomic E-state index is -0.227. The van der Waals surface area contributed by atoms with Crippen molar-refractivity contribution >= 4 is 46.7 Å². The number of aromatic amines is 1. The third kappa shape index (κ3) is 2.53. The summed E-state index contributed by atoms with van der Waals surface area (Å²) in [7, 11) is 0. The molecule has 0 bridgehead atoms. The Morgan fingerprint density at radius 1 is 1.15 bits per heavy atom. The number of nitrogens with one attached hydrogen (secondary N) is 2. The van der Waals surface area contributed by atoms with Crippen LogP contribution in [-0.4, -0.2) is 10.9 Å². The van der Waals surface area contributed by atoms with E-state index in [1.54, 1.807) is 18.2 Å². The fourth-order valence-electron chi connectivity index (χ4n) is 1.99. The topological polar surface area (TPSA) is 44.9 Å². The summed E-state index contributed by atoms with van der Waals surface area (Å²) >= 11 is 10.3. The van der Waals surface area contributed by atoms with E-state index in [0.29, 0.717) is 16.4 Å². The first kappa shape index (κ1) is 13.1. The van der Waals surface area contributed by atoms with E-state index in [1.807, 2.05) is 30.3 Å². The normalized spacial score (nSPS) is 10.7. The molecule has 1 heterocycles. The minimum Gasteiger partial charge on any atom is -0.350 e. The van der Waals surface area contributed by atoms with Gasteiger partial charge in [-0.1, -0.05) is 29.8 Å². The van der Waals surface area contributed by atoms with Crippen molar-refractivity contribution in [3.05, 3.63) is 59.2 Å². The summed E-state index contributed by atoms with van der Waals surface area (Å²) in [5.74, 6) is -0.227. The van der Waals surface area contributed by atoms with Crippen molar-refractivity contribution in [3.8, 4) is 0 Å². The van der Waals surface area contributed by atoms with Crippen LogP contribution in [0.4, 0.5) is 5.69 Å². The predicted octanol–water partition coefficient (Wildman–Crippen LogP) is 4.36. The maximum Gasteiger partial charge on any atom is 0.272 e. The molecule has 1 amide bonds. The molecule has 20 heavy (non-hydrogen) atoms. The lowest BCUT2D eigenvalue weighted by Gasteiger charge is -2.05. The molecule has 0 aliphatic carbocycles. The Morgan fingerprint density at radius 3 is 2.75 bits per heavy atom. The van der Waals surface area contributed by atoms with Gasteiger partial charge in [0.15, 0.2) is 0 Å². The smallest absolute Gasteiger partial charge is 0.272 e. The number of H-pyrrole nitrogens is 1. The summed E-state index contributed by atoms with van der Waals surface area (Å²) in [6.07, 6.45) is 0. The van der Waals surface area contributed by atoms with Gasteiger partial charge in [0, 0.05) is 15.8 Å². The van der Waals surface area contributed by atoms with Crippen molar-refractivity contribution in [2.75, 3.05) is 5.32 Å². The lowest BCUT2D eigenvalue weighted by Crippen LogP contribution is -2.12. The maximum absolute atomic E-state index is 12.2. The Morgan fingerprint density at radius 2 is 1.95 bits per heavy atom. The Balaban J connectivity index is 1.91. The number of carbonyl (C=O) groups is 1. The van der Waals surface area contributed by atoms with Gasteiger partial charge in [0.2, 0.25) is 0 Å². The Kier molecular flexibility index (Phi) is 3.42. The number of halogens is 1. The molecule has 0 aliphatic rings. The Labute approximate surface area is 126 Å². The average Bonchev–Trinajstić information content (AvgIpc) is 2.84. The lowest BCUT2D eigenvalue weighted by atomic mass is 10.2. The predicted molar refractivity (Wildman–Crippen MR) is 85.0 cm³/mol. The lowest BCUT2D eigenvalue weighted by molar-refractivity contribution is 0.102. The van der Waals surface area contributed by atoms with Gasteiger partial charge < -0.3 is 10.3 Å². The van der Waals surface area contributed by atoms with Gasteiger partial charge in [-0.15, -0.1) is 12.6 Å². The van der Waals surface area contributed by atoms with Crippen LogP contribution in [-0.2, 0) is 0 Å². The van der Waals surface area contributed by atoms with E-state index in [1.165, 1.54) is 0 Å². The second kappa shape index (κ2) is 5.23. The fraction of sp³-hybridized carbons (Fsp3) is 0. The van der Waals surface area contributed by atoms with Gasteiger partial charge in [-0.2, -0.15) is 0 Å². The van der Waals surface area contributed by atoms with Gasteiger partial charge in [0.1, 0.15) is 5.69 Å². The highest BCUT2D eigenvalue weighted by Gasteiger charge is 2.11. The van der Waals surface area contributed by atoms with E-state index in [0.717, 1.165) is 15.8 Å². The van der Waals surface area contributed by atoms with E-state index in [9.17, 15) is 4.79 Å². The first-order chi connectivity index (χ1) is 9.63. The van der Waals surface area contributed by atoms with Crippen LogP contribution in [0.2, 0.25) is 5.02 Å². The molecular weight excluding hydrogens is 292 g/mol. The number of fused-ring (bicyclic) bond motifs is 1. The van der Waals surface area contributed by atoms with Gasteiger partial charge in [0.25, 0.3) is 5.91 Å². The second-order valence-electron chi connectivity index (χ2n) is 4.39. The number of para-hydroxylation sites is 1. The van der Waals surface area contributed by atoms with Crippen LogP contribution < -0.4 is 5.32 Å². The molecule has 0 aliphatic heterocycles. The van der Waals surface area contributed by atoms with Crippen LogP contribution in [0.1, 0.15) is 10.5 Å². The number of aromatic nitrogens is 1. The molecular formula is C15H11ClN2OS. The molecule has 0 saturated carbocycles. The van der Waals surface area contributed by atoms with Crippen LogP contribution in [0.15, 0.2) is 53.4 Å². The standard InChI is InChI=1S/C15H11ClN2OS/c16-11-3-1-2-4-12(11)18-15(19)14-7-9-5-6-10(20)8-13(9)17-14/h1-8,17,20H,(H,18,19). The summed E-state index contributed by atoms with van der Waals surface area (Å²) in [5.41, 5.74) is 1.95. The summed E-state index contributed by atoms with van der Waals surface area (Å²) in [6, 6.07) is 14.6. The van der Waals surface area contributed by atoms with Gasteiger partial charge >= 0.3 is 0 Å². The molecule has 0 saturated heterocycles. The van der Waals surface area contributed by atoms with E-state index >= 15 is 0 Å². The highest BCUT2D eigenvalue weighted by Crippen LogP contribution is 2.23. The van der Waals surface area contributed by atoms with Crippen molar-refractivity contribution in [1.29, 1.82) is 0 Å². The summed E-state index contributed by atoms with van der Waals surface area (Å²) in [6.45, 7) is 0. The number of rotatable bonds is 2. The molecule has 0 spiro atoms. The fourth-order valence-corrected chi connectivity index (χ4v) is 2.38. The highest BCUT2D eigenvalue weighted by atomic mass is 35.5. The molecule has 100 valence electrons. The number of thiol groups is 1.